The molecule has 1 saturated heterocycles. The van der Waals surface area contributed by atoms with Crippen LogP contribution in [0.5, 0.6) is 0 Å². The third-order valence-corrected chi connectivity index (χ3v) is 5.80. The fourth-order valence-electron chi connectivity index (χ4n) is 4.28. The Balaban J connectivity index is 1.50. The molecule has 1 atom stereocenters. The van der Waals surface area contributed by atoms with Gasteiger partial charge in [-0.1, -0.05) is 42.5 Å². The highest BCUT2D eigenvalue weighted by Crippen LogP contribution is 2.23. The first-order valence-electron chi connectivity index (χ1n) is 9.95. The van der Waals surface area contributed by atoms with Crippen LogP contribution in [0.25, 0.3) is 0 Å². The van der Waals surface area contributed by atoms with E-state index in [1.165, 1.54) is 11.1 Å². The Morgan fingerprint density at radius 3 is 2.07 bits per heavy atom. The lowest BCUT2D eigenvalue weighted by Gasteiger charge is -2.37. The number of likely N-dealkylation sites (tertiary alicyclic amines) is 1. The minimum atomic E-state index is -0.326. The molecule has 0 spiro atoms. The van der Waals surface area contributed by atoms with Crippen molar-refractivity contribution in [2.75, 3.05) is 19.6 Å². The molecule has 0 N–H and O–H groups in total. The molecule has 2 aliphatic heterocycles. The number of nitrogens with zero attached hydrogens (tertiary/aromatic N) is 2. The predicted octanol–water partition coefficient (Wildman–Crippen LogP) is 3.31. The summed E-state index contributed by atoms with van der Waals surface area (Å²) in [4.78, 5) is 30.1. The van der Waals surface area contributed by atoms with Crippen molar-refractivity contribution in [3.63, 3.8) is 0 Å². The van der Waals surface area contributed by atoms with E-state index in [-0.39, 0.29) is 17.9 Å². The number of fused-ring (bicyclic) bond motifs is 1. The van der Waals surface area contributed by atoms with Gasteiger partial charge in [0.25, 0.3) is 5.91 Å². The van der Waals surface area contributed by atoms with Gasteiger partial charge in [0.15, 0.2) is 0 Å². The highest BCUT2D eigenvalue weighted by Gasteiger charge is 2.35. The highest BCUT2D eigenvalue weighted by atomic mass is 16.2. The molecule has 4 nitrogen and oxygen atoms in total. The number of carbonyl (C=O) groups is 2. The van der Waals surface area contributed by atoms with E-state index in [0.29, 0.717) is 12.1 Å². The van der Waals surface area contributed by atoms with E-state index in [0.717, 1.165) is 45.2 Å². The van der Waals surface area contributed by atoms with E-state index in [9.17, 15) is 9.59 Å². The van der Waals surface area contributed by atoms with Crippen molar-refractivity contribution in [2.45, 2.75) is 38.1 Å². The Morgan fingerprint density at radius 1 is 0.778 bits per heavy atom. The predicted molar refractivity (Wildman–Crippen MR) is 106 cm³/mol. The van der Waals surface area contributed by atoms with Crippen molar-refractivity contribution < 1.29 is 9.59 Å². The summed E-state index contributed by atoms with van der Waals surface area (Å²) in [6.45, 7) is 2.14. The van der Waals surface area contributed by atoms with Gasteiger partial charge in [-0.3, -0.25) is 9.59 Å². The van der Waals surface area contributed by atoms with Gasteiger partial charge >= 0.3 is 0 Å². The van der Waals surface area contributed by atoms with Crippen molar-refractivity contribution in [1.82, 2.24) is 9.80 Å². The fraction of sp³-hybridized carbons (Fsp3) is 0.391. The van der Waals surface area contributed by atoms with Crippen molar-refractivity contribution in [1.29, 1.82) is 0 Å². The lowest BCUT2D eigenvalue weighted by atomic mass is 9.99. The molecule has 4 heteroatoms. The number of hydrogen-bond acceptors (Lipinski definition) is 2. The summed E-state index contributed by atoms with van der Waals surface area (Å²) in [6, 6.07) is 17.5. The zero-order chi connectivity index (χ0) is 18.6. The first-order valence-corrected chi connectivity index (χ1v) is 9.95. The zero-order valence-corrected chi connectivity index (χ0v) is 15.6. The molecule has 1 fully saturated rings. The van der Waals surface area contributed by atoms with Crippen LogP contribution in [0.1, 0.15) is 40.7 Å². The van der Waals surface area contributed by atoms with Crippen molar-refractivity contribution in [3.05, 3.63) is 71.3 Å². The topological polar surface area (TPSA) is 40.6 Å². The molecule has 2 aliphatic rings. The van der Waals surface area contributed by atoms with Crippen LogP contribution < -0.4 is 0 Å². The van der Waals surface area contributed by atoms with E-state index in [1.54, 1.807) is 4.90 Å². The standard InChI is InChI=1S/C23H26N2O2/c26-22(20-10-2-1-3-11-20)25-15-7-6-12-21(25)23(27)24-16-13-18-8-4-5-9-19(18)14-17-24/h1-5,8-11,21H,6-7,12-17H2. The molecule has 4 rings (SSSR count). The van der Waals surface area contributed by atoms with Gasteiger partial charge < -0.3 is 9.80 Å². The number of piperidine rings is 1. The molecule has 1 unspecified atom stereocenters. The van der Waals surface area contributed by atoms with Gasteiger partial charge in [-0.25, -0.2) is 0 Å². The van der Waals surface area contributed by atoms with Gasteiger partial charge in [0.2, 0.25) is 5.91 Å². The Kier molecular flexibility index (Phi) is 5.23. The number of hydrogen-bond donors (Lipinski definition) is 0. The van der Waals surface area contributed by atoms with E-state index in [1.807, 2.05) is 35.2 Å². The molecule has 2 heterocycles. The first kappa shape index (κ1) is 17.8. The molecule has 140 valence electrons. The SMILES string of the molecule is O=C(C1CCCCN1C(=O)c1ccccc1)N1CCc2ccccc2CC1. The van der Waals surface area contributed by atoms with Crippen LogP contribution in [0.15, 0.2) is 54.6 Å². The number of amides is 2. The molecule has 2 amide bonds. The lowest BCUT2D eigenvalue weighted by Crippen LogP contribution is -2.53. The van der Waals surface area contributed by atoms with E-state index in [4.69, 9.17) is 0 Å². The van der Waals surface area contributed by atoms with Crippen LogP contribution in [-0.4, -0.2) is 47.3 Å². The minimum Gasteiger partial charge on any atom is -0.340 e. The van der Waals surface area contributed by atoms with Gasteiger partial charge in [-0.2, -0.15) is 0 Å². The summed E-state index contributed by atoms with van der Waals surface area (Å²) in [5.74, 6) is 0.0959. The van der Waals surface area contributed by atoms with Gasteiger partial charge in [-0.05, 0) is 55.4 Å². The van der Waals surface area contributed by atoms with Gasteiger partial charge in [0.1, 0.15) is 6.04 Å². The molecule has 0 saturated carbocycles. The van der Waals surface area contributed by atoms with Gasteiger partial charge in [0, 0.05) is 25.2 Å². The maximum absolute atomic E-state index is 13.3. The molecule has 0 aliphatic carbocycles. The Hall–Kier alpha value is -2.62. The summed E-state index contributed by atoms with van der Waals surface area (Å²) < 4.78 is 0. The maximum Gasteiger partial charge on any atom is 0.254 e. The van der Waals surface area contributed by atoms with Crippen LogP contribution in [0, 0.1) is 0 Å². The van der Waals surface area contributed by atoms with E-state index in [2.05, 4.69) is 24.3 Å². The Morgan fingerprint density at radius 2 is 1.41 bits per heavy atom. The average Bonchev–Trinajstić information content (AvgIpc) is 2.96. The van der Waals surface area contributed by atoms with E-state index >= 15 is 0 Å². The van der Waals surface area contributed by atoms with Gasteiger partial charge in [-0.15, -0.1) is 0 Å². The van der Waals surface area contributed by atoms with Crippen LogP contribution in [0.4, 0.5) is 0 Å². The molecule has 0 bridgehead atoms. The largest absolute Gasteiger partial charge is 0.340 e. The smallest absolute Gasteiger partial charge is 0.254 e. The summed E-state index contributed by atoms with van der Waals surface area (Å²) in [6.07, 6.45) is 4.51. The van der Waals surface area contributed by atoms with Crippen LogP contribution in [-0.2, 0) is 17.6 Å². The third kappa shape index (κ3) is 3.75. The molecule has 0 aromatic heterocycles. The summed E-state index contributed by atoms with van der Waals surface area (Å²) in [5, 5.41) is 0. The van der Waals surface area contributed by atoms with Crippen LogP contribution in [0.2, 0.25) is 0 Å². The van der Waals surface area contributed by atoms with Gasteiger partial charge in [0.05, 0.1) is 0 Å². The van der Waals surface area contributed by atoms with Crippen molar-refractivity contribution in [3.8, 4) is 0 Å². The summed E-state index contributed by atoms with van der Waals surface area (Å²) in [5.41, 5.74) is 3.35. The number of carbonyl (C=O) groups excluding carboxylic acids is 2. The third-order valence-electron chi connectivity index (χ3n) is 5.80. The van der Waals surface area contributed by atoms with E-state index < -0.39 is 0 Å². The molecule has 27 heavy (non-hydrogen) atoms. The average molecular weight is 362 g/mol. The summed E-state index contributed by atoms with van der Waals surface area (Å²) in [7, 11) is 0. The zero-order valence-electron chi connectivity index (χ0n) is 15.6. The van der Waals surface area contributed by atoms with Crippen LogP contribution in [0.3, 0.4) is 0 Å². The fourth-order valence-corrected chi connectivity index (χ4v) is 4.28. The Labute approximate surface area is 160 Å². The molecular weight excluding hydrogens is 336 g/mol. The number of rotatable bonds is 2. The lowest BCUT2D eigenvalue weighted by molar-refractivity contribution is -0.137. The molecular formula is C23H26N2O2. The second-order valence-corrected chi connectivity index (χ2v) is 7.47. The monoisotopic (exact) mass is 362 g/mol. The first-order chi connectivity index (χ1) is 13.2. The highest BCUT2D eigenvalue weighted by molar-refractivity contribution is 5.97. The minimum absolute atomic E-state index is 0.0215. The number of benzene rings is 2. The van der Waals surface area contributed by atoms with Crippen LogP contribution >= 0.6 is 0 Å². The molecule has 2 aromatic carbocycles. The molecule has 0 radical (unpaired) electrons. The second-order valence-electron chi connectivity index (χ2n) is 7.47. The Bertz CT molecular complexity index is 791. The second kappa shape index (κ2) is 7.95. The summed E-state index contributed by atoms with van der Waals surface area (Å²) >= 11 is 0. The maximum atomic E-state index is 13.3. The normalized spacial score (nSPS) is 19.9. The molecule has 2 aromatic rings. The van der Waals surface area contributed by atoms with Crippen molar-refractivity contribution >= 4 is 11.8 Å². The van der Waals surface area contributed by atoms with Crippen molar-refractivity contribution in [2.24, 2.45) is 0 Å². The quantitative estimate of drug-likeness (QED) is 0.822.